The molecule has 0 N–H and O–H groups in total. The van der Waals surface area contributed by atoms with Gasteiger partial charge in [-0.25, -0.2) is 4.79 Å². The predicted molar refractivity (Wildman–Crippen MR) is 97.0 cm³/mol. The molecule has 1 amide bonds. The number of non-ortho nitro benzene ring substituents is 1. The molecule has 7 heteroatoms. The molecule has 0 bridgehead atoms. The molecular weight excluding hydrogens is 336 g/mol. The average molecular weight is 358 g/mol. The Morgan fingerprint density at radius 3 is 2.42 bits per heavy atom. The number of benzene rings is 1. The van der Waals surface area contributed by atoms with Gasteiger partial charge in [-0.3, -0.25) is 14.9 Å². The van der Waals surface area contributed by atoms with Crippen molar-refractivity contribution in [1.29, 1.82) is 0 Å². The van der Waals surface area contributed by atoms with Gasteiger partial charge in [0.2, 0.25) is 0 Å². The number of hydrogen-bond donors (Lipinski definition) is 0. The summed E-state index contributed by atoms with van der Waals surface area (Å²) in [4.78, 5) is 37.1. The molecule has 0 saturated carbocycles. The van der Waals surface area contributed by atoms with E-state index in [9.17, 15) is 19.7 Å². The summed E-state index contributed by atoms with van der Waals surface area (Å²) in [5.74, 6) is -0.577. The summed E-state index contributed by atoms with van der Waals surface area (Å²) in [6.45, 7) is 8.11. The minimum Gasteiger partial charge on any atom is -0.462 e. The van der Waals surface area contributed by atoms with Gasteiger partial charge in [-0.1, -0.05) is 13.8 Å². The molecule has 0 radical (unpaired) electrons. The SMILES string of the molecule is CCOC(=O)C1=C(C)N(CC(C)C)C(=O)/C1=C/c1ccc([N+](=O)[O-])cc1. The van der Waals surface area contributed by atoms with Crippen molar-refractivity contribution in [3.05, 3.63) is 56.8 Å². The number of hydrogen-bond acceptors (Lipinski definition) is 5. The molecule has 2 rings (SSSR count). The standard InChI is InChI=1S/C19H22N2O5/c1-5-26-19(23)17-13(4)20(11-12(2)3)18(22)16(17)10-14-6-8-15(9-7-14)21(24)25/h6-10,12H,5,11H2,1-4H3/b16-10+. The molecule has 1 aliphatic rings. The van der Waals surface area contributed by atoms with Gasteiger partial charge in [-0.15, -0.1) is 0 Å². The van der Waals surface area contributed by atoms with Crippen molar-refractivity contribution >= 4 is 23.6 Å². The summed E-state index contributed by atoms with van der Waals surface area (Å²) in [5.41, 5.74) is 1.62. The highest BCUT2D eigenvalue weighted by Gasteiger charge is 2.37. The van der Waals surface area contributed by atoms with E-state index in [1.165, 1.54) is 12.1 Å². The molecule has 0 spiro atoms. The van der Waals surface area contributed by atoms with Gasteiger partial charge in [0.15, 0.2) is 0 Å². The number of ether oxygens (including phenoxy) is 1. The number of esters is 1. The lowest BCUT2D eigenvalue weighted by molar-refractivity contribution is -0.384. The first-order valence-corrected chi connectivity index (χ1v) is 8.42. The quantitative estimate of drug-likeness (QED) is 0.337. The first-order valence-electron chi connectivity index (χ1n) is 8.42. The molecule has 1 aromatic rings. The number of amides is 1. The van der Waals surface area contributed by atoms with Gasteiger partial charge in [0.25, 0.3) is 11.6 Å². The Bertz CT molecular complexity index is 791. The summed E-state index contributed by atoms with van der Waals surface area (Å²) < 4.78 is 5.11. The van der Waals surface area contributed by atoms with E-state index in [0.717, 1.165) is 0 Å². The average Bonchev–Trinajstić information content (AvgIpc) is 2.79. The molecule has 0 aliphatic carbocycles. The molecule has 138 valence electrons. The Balaban J connectivity index is 2.47. The van der Waals surface area contributed by atoms with Gasteiger partial charge in [-0.05, 0) is 43.5 Å². The van der Waals surface area contributed by atoms with Crippen LogP contribution in [0.2, 0.25) is 0 Å². The fraction of sp³-hybridized carbons (Fsp3) is 0.368. The summed E-state index contributed by atoms with van der Waals surface area (Å²) in [6.07, 6.45) is 1.57. The molecule has 0 atom stereocenters. The lowest BCUT2D eigenvalue weighted by Gasteiger charge is -2.19. The van der Waals surface area contributed by atoms with Gasteiger partial charge in [0.05, 0.1) is 22.7 Å². The van der Waals surface area contributed by atoms with Crippen LogP contribution in [-0.2, 0) is 14.3 Å². The number of nitro benzene ring substituents is 1. The van der Waals surface area contributed by atoms with E-state index in [2.05, 4.69) is 0 Å². The maximum atomic E-state index is 12.9. The van der Waals surface area contributed by atoms with Crippen molar-refractivity contribution in [3.63, 3.8) is 0 Å². The summed E-state index contributed by atoms with van der Waals surface area (Å²) in [6, 6.07) is 5.81. The van der Waals surface area contributed by atoms with Crippen molar-refractivity contribution in [2.75, 3.05) is 13.2 Å². The molecule has 1 aromatic carbocycles. The second-order valence-corrected chi connectivity index (χ2v) is 6.40. The molecular formula is C19H22N2O5. The second kappa shape index (κ2) is 7.95. The van der Waals surface area contributed by atoms with Crippen molar-refractivity contribution < 1.29 is 19.2 Å². The molecule has 1 heterocycles. The van der Waals surface area contributed by atoms with Crippen LogP contribution in [0, 0.1) is 16.0 Å². The molecule has 0 fully saturated rings. The third-order valence-corrected chi connectivity index (χ3v) is 3.95. The molecule has 7 nitrogen and oxygen atoms in total. The van der Waals surface area contributed by atoms with Crippen LogP contribution in [0.15, 0.2) is 41.1 Å². The number of nitro groups is 1. The van der Waals surface area contributed by atoms with Crippen LogP contribution in [0.5, 0.6) is 0 Å². The summed E-state index contributed by atoms with van der Waals surface area (Å²) in [7, 11) is 0. The molecule has 0 unspecified atom stereocenters. The molecule has 0 aromatic heterocycles. The van der Waals surface area contributed by atoms with E-state index in [1.807, 2.05) is 13.8 Å². The smallest absolute Gasteiger partial charge is 0.340 e. The van der Waals surface area contributed by atoms with Crippen molar-refractivity contribution in [1.82, 2.24) is 4.90 Å². The fourth-order valence-corrected chi connectivity index (χ4v) is 2.77. The largest absolute Gasteiger partial charge is 0.462 e. The lowest BCUT2D eigenvalue weighted by Crippen LogP contribution is -2.28. The highest BCUT2D eigenvalue weighted by Crippen LogP contribution is 2.32. The van der Waals surface area contributed by atoms with Gasteiger partial charge in [0, 0.05) is 24.4 Å². The zero-order chi connectivity index (χ0) is 19.4. The number of carbonyl (C=O) groups is 2. The van der Waals surface area contributed by atoms with E-state index in [0.29, 0.717) is 17.8 Å². The van der Waals surface area contributed by atoms with Gasteiger partial charge in [-0.2, -0.15) is 0 Å². The van der Waals surface area contributed by atoms with Crippen molar-refractivity contribution in [2.24, 2.45) is 5.92 Å². The number of nitrogens with zero attached hydrogens (tertiary/aromatic N) is 2. The van der Waals surface area contributed by atoms with E-state index in [-0.39, 0.29) is 35.3 Å². The van der Waals surface area contributed by atoms with Crippen LogP contribution in [-0.4, -0.2) is 34.9 Å². The fourth-order valence-electron chi connectivity index (χ4n) is 2.77. The monoisotopic (exact) mass is 358 g/mol. The molecule has 26 heavy (non-hydrogen) atoms. The third kappa shape index (κ3) is 3.99. The molecule has 0 saturated heterocycles. The Hall–Kier alpha value is -2.96. The minimum atomic E-state index is -0.544. The van der Waals surface area contributed by atoms with E-state index in [1.54, 1.807) is 37.0 Å². The van der Waals surface area contributed by atoms with Gasteiger partial charge < -0.3 is 9.64 Å². The van der Waals surface area contributed by atoms with Crippen LogP contribution in [0.3, 0.4) is 0 Å². The summed E-state index contributed by atoms with van der Waals surface area (Å²) in [5, 5.41) is 10.8. The van der Waals surface area contributed by atoms with E-state index >= 15 is 0 Å². The van der Waals surface area contributed by atoms with Gasteiger partial charge in [0.1, 0.15) is 0 Å². The minimum absolute atomic E-state index is 0.0383. The third-order valence-electron chi connectivity index (χ3n) is 3.95. The Morgan fingerprint density at radius 1 is 1.31 bits per heavy atom. The van der Waals surface area contributed by atoms with Crippen LogP contribution in [0.1, 0.15) is 33.3 Å². The Kier molecular flexibility index (Phi) is 5.92. The maximum absolute atomic E-state index is 12.9. The van der Waals surface area contributed by atoms with Crippen LogP contribution in [0.4, 0.5) is 5.69 Å². The Morgan fingerprint density at radius 2 is 1.92 bits per heavy atom. The first kappa shape index (κ1) is 19.4. The summed E-state index contributed by atoms with van der Waals surface area (Å²) >= 11 is 0. The van der Waals surface area contributed by atoms with E-state index in [4.69, 9.17) is 4.74 Å². The number of rotatable bonds is 6. The van der Waals surface area contributed by atoms with Crippen LogP contribution in [0.25, 0.3) is 6.08 Å². The van der Waals surface area contributed by atoms with Gasteiger partial charge >= 0.3 is 5.97 Å². The maximum Gasteiger partial charge on any atom is 0.340 e. The zero-order valence-corrected chi connectivity index (χ0v) is 15.3. The predicted octanol–water partition coefficient (Wildman–Crippen LogP) is 3.31. The van der Waals surface area contributed by atoms with E-state index < -0.39 is 10.9 Å². The first-order chi connectivity index (χ1) is 12.3. The van der Waals surface area contributed by atoms with Crippen molar-refractivity contribution in [2.45, 2.75) is 27.7 Å². The lowest BCUT2D eigenvalue weighted by atomic mass is 10.0. The Labute approximate surface area is 152 Å². The number of allylic oxidation sites excluding steroid dienone is 1. The highest BCUT2D eigenvalue weighted by atomic mass is 16.6. The van der Waals surface area contributed by atoms with Crippen molar-refractivity contribution in [3.8, 4) is 0 Å². The zero-order valence-electron chi connectivity index (χ0n) is 15.3. The highest BCUT2D eigenvalue weighted by molar-refractivity contribution is 6.16. The second-order valence-electron chi connectivity index (χ2n) is 6.40. The van der Waals surface area contributed by atoms with Crippen LogP contribution < -0.4 is 0 Å². The number of carbonyl (C=O) groups excluding carboxylic acids is 2. The normalized spacial score (nSPS) is 16.0. The molecule has 1 aliphatic heterocycles. The topological polar surface area (TPSA) is 89.8 Å². The van der Waals surface area contributed by atoms with Crippen LogP contribution >= 0.6 is 0 Å².